The Balaban J connectivity index is 2.91. The van der Waals surface area contributed by atoms with Crippen LogP contribution in [0.1, 0.15) is 33.6 Å². The Morgan fingerprint density at radius 1 is 1.35 bits per heavy atom. The molecule has 0 aliphatic heterocycles. The van der Waals surface area contributed by atoms with Gasteiger partial charge in [0.2, 0.25) is 0 Å². The van der Waals surface area contributed by atoms with E-state index >= 15 is 0 Å². The van der Waals surface area contributed by atoms with Crippen LogP contribution in [-0.4, -0.2) is 31.5 Å². The Morgan fingerprint density at radius 2 is 2.06 bits per heavy atom. The molecule has 2 heterocycles. The summed E-state index contributed by atoms with van der Waals surface area (Å²) in [5.74, 6) is -1.86. The van der Waals surface area contributed by atoms with E-state index < -0.39 is 11.9 Å². The van der Waals surface area contributed by atoms with Gasteiger partial charge < -0.3 is 14.6 Å². The molecule has 2 aromatic rings. The van der Waals surface area contributed by atoms with Crippen LogP contribution in [0.3, 0.4) is 0 Å². The maximum absolute atomic E-state index is 11.1. The number of aromatic carboxylic acids is 2. The number of hydrogen-bond acceptors (Lipinski definition) is 3. The summed E-state index contributed by atoms with van der Waals surface area (Å²) in [6, 6.07) is 2.92. The molecule has 0 aromatic carbocycles. The van der Waals surface area contributed by atoms with E-state index in [0.29, 0.717) is 12.2 Å². The Hall–Kier alpha value is -2.37. The van der Waals surface area contributed by atoms with E-state index in [0.717, 1.165) is 0 Å². The van der Waals surface area contributed by atoms with Crippen molar-refractivity contribution >= 4 is 17.5 Å². The number of hydrogen-bond donors (Lipinski definition) is 2. The van der Waals surface area contributed by atoms with Gasteiger partial charge in [-0.1, -0.05) is 6.92 Å². The average Bonchev–Trinajstić information content (AvgIpc) is 2.67. The number of carboxylic acid groups (broad SMARTS) is 2. The molecule has 0 aliphatic rings. The van der Waals surface area contributed by atoms with Crippen LogP contribution in [0.2, 0.25) is 0 Å². The van der Waals surface area contributed by atoms with E-state index in [1.54, 1.807) is 12.3 Å². The summed E-state index contributed by atoms with van der Waals surface area (Å²) in [5, 5.41) is 18.1. The van der Waals surface area contributed by atoms with Crippen LogP contribution in [0.15, 0.2) is 18.3 Å². The molecule has 2 N–H and O–H groups in total. The Morgan fingerprint density at radius 3 is 2.59 bits per heavy atom. The van der Waals surface area contributed by atoms with Crippen molar-refractivity contribution in [1.29, 1.82) is 0 Å². The standard InChI is InChI=1S/C11H10N2O4/c1-2-7-12-8(11(16)17)9-6(10(14)15)4-3-5-13(7)9/h3-5H,2H2,1H3,(H,14,15)(H,16,17). The van der Waals surface area contributed by atoms with Crippen molar-refractivity contribution in [2.75, 3.05) is 0 Å². The largest absolute Gasteiger partial charge is 0.478 e. The number of rotatable bonds is 3. The third kappa shape index (κ3) is 1.63. The number of pyridine rings is 1. The van der Waals surface area contributed by atoms with E-state index in [-0.39, 0.29) is 16.8 Å². The number of aryl methyl sites for hydroxylation is 1. The lowest BCUT2D eigenvalue weighted by molar-refractivity contribution is 0.0691. The molecule has 88 valence electrons. The number of fused-ring (bicyclic) bond motifs is 1. The van der Waals surface area contributed by atoms with E-state index in [2.05, 4.69) is 4.98 Å². The predicted octanol–water partition coefficient (Wildman–Crippen LogP) is 1.29. The molecular weight excluding hydrogens is 224 g/mol. The minimum Gasteiger partial charge on any atom is -0.478 e. The van der Waals surface area contributed by atoms with E-state index in [1.165, 1.54) is 10.5 Å². The molecule has 0 saturated carbocycles. The SMILES string of the molecule is CCc1nc(C(=O)O)c2c(C(=O)O)cccn12. The summed E-state index contributed by atoms with van der Waals surface area (Å²) in [6.45, 7) is 1.83. The van der Waals surface area contributed by atoms with Crippen LogP contribution in [0.25, 0.3) is 5.52 Å². The molecule has 0 spiro atoms. The fraction of sp³-hybridized carbons (Fsp3) is 0.182. The summed E-state index contributed by atoms with van der Waals surface area (Å²) >= 11 is 0. The van der Waals surface area contributed by atoms with Crippen LogP contribution in [0.4, 0.5) is 0 Å². The second-order valence-corrected chi connectivity index (χ2v) is 3.48. The quantitative estimate of drug-likeness (QED) is 0.834. The Bertz CT molecular complexity index is 615. The van der Waals surface area contributed by atoms with E-state index in [1.807, 2.05) is 6.92 Å². The molecule has 6 nitrogen and oxygen atoms in total. The minimum atomic E-state index is -1.23. The van der Waals surface area contributed by atoms with Gasteiger partial charge in [-0.25, -0.2) is 14.6 Å². The van der Waals surface area contributed by atoms with Crippen molar-refractivity contribution in [2.24, 2.45) is 0 Å². The molecule has 0 bridgehead atoms. The second kappa shape index (κ2) is 3.89. The summed E-state index contributed by atoms with van der Waals surface area (Å²) in [6.07, 6.45) is 2.14. The first kappa shape index (κ1) is 11.1. The summed E-state index contributed by atoms with van der Waals surface area (Å²) in [5.41, 5.74) is -0.152. The van der Waals surface area contributed by atoms with Crippen LogP contribution >= 0.6 is 0 Å². The highest BCUT2D eigenvalue weighted by Crippen LogP contribution is 2.18. The van der Waals surface area contributed by atoms with Gasteiger partial charge in [0.15, 0.2) is 5.69 Å². The number of carbonyl (C=O) groups is 2. The minimum absolute atomic E-state index is 0.0582. The number of nitrogens with zero attached hydrogens (tertiary/aromatic N) is 2. The van der Waals surface area contributed by atoms with Gasteiger partial charge in [-0.15, -0.1) is 0 Å². The van der Waals surface area contributed by atoms with Crippen LogP contribution < -0.4 is 0 Å². The maximum atomic E-state index is 11.1. The normalized spacial score (nSPS) is 10.6. The van der Waals surface area contributed by atoms with Crippen LogP contribution in [0, 0.1) is 0 Å². The maximum Gasteiger partial charge on any atom is 0.356 e. The molecule has 0 fully saturated rings. The van der Waals surface area contributed by atoms with Crippen molar-refractivity contribution in [1.82, 2.24) is 9.38 Å². The van der Waals surface area contributed by atoms with Crippen LogP contribution in [-0.2, 0) is 6.42 Å². The molecule has 17 heavy (non-hydrogen) atoms. The number of aromatic nitrogens is 2. The fourth-order valence-corrected chi connectivity index (χ4v) is 1.77. The van der Waals surface area contributed by atoms with Gasteiger partial charge in [0.25, 0.3) is 0 Å². The summed E-state index contributed by atoms with van der Waals surface area (Å²) in [4.78, 5) is 26.1. The van der Waals surface area contributed by atoms with Gasteiger partial charge in [-0.2, -0.15) is 0 Å². The first-order chi connectivity index (χ1) is 8.06. The lowest BCUT2D eigenvalue weighted by Gasteiger charge is -2.01. The smallest absolute Gasteiger partial charge is 0.356 e. The third-order valence-corrected chi connectivity index (χ3v) is 2.49. The Kier molecular flexibility index (Phi) is 2.55. The second-order valence-electron chi connectivity index (χ2n) is 3.48. The van der Waals surface area contributed by atoms with Gasteiger partial charge in [-0.05, 0) is 12.1 Å². The van der Waals surface area contributed by atoms with Crippen molar-refractivity contribution < 1.29 is 19.8 Å². The van der Waals surface area contributed by atoms with Crippen molar-refractivity contribution in [3.05, 3.63) is 35.4 Å². The predicted molar refractivity (Wildman–Crippen MR) is 58.5 cm³/mol. The molecule has 2 rings (SSSR count). The van der Waals surface area contributed by atoms with Gasteiger partial charge in [-0.3, -0.25) is 0 Å². The summed E-state index contributed by atoms with van der Waals surface area (Å²) in [7, 11) is 0. The summed E-state index contributed by atoms with van der Waals surface area (Å²) < 4.78 is 1.51. The number of imidazole rings is 1. The van der Waals surface area contributed by atoms with E-state index in [4.69, 9.17) is 10.2 Å². The average molecular weight is 234 g/mol. The highest BCUT2D eigenvalue weighted by molar-refractivity contribution is 6.03. The van der Waals surface area contributed by atoms with Gasteiger partial charge >= 0.3 is 11.9 Å². The highest BCUT2D eigenvalue weighted by Gasteiger charge is 2.21. The topological polar surface area (TPSA) is 91.9 Å². The molecule has 6 heteroatoms. The zero-order valence-corrected chi connectivity index (χ0v) is 9.04. The van der Waals surface area contributed by atoms with Crippen molar-refractivity contribution in [3.63, 3.8) is 0 Å². The number of carboxylic acids is 2. The molecule has 0 aliphatic carbocycles. The molecule has 2 aromatic heterocycles. The molecule has 0 radical (unpaired) electrons. The molecule has 0 saturated heterocycles. The van der Waals surface area contributed by atoms with Gasteiger partial charge in [0.1, 0.15) is 5.82 Å². The van der Waals surface area contributed by atoms with E-state index in [9.17, 15) is 9.59 Å². The van der Waals surface area contributed by atoms with Crippen LogP contribution in [0.5, 0.6) is 0 Å². The zero-order chi connectivity index (χ0) is 12.6. The zero-order valence-electron chi connectivity index (χ0n) is 9.04. The molecule has 0 amide bonds. The monoisotopic (exact) mass is 234 g/mol. The molecule has 0 atom stereocenters. The highest BCUT2D eigenvalue weighted by atomic mass is 16.4. The first-order valence-electron chi connectivity index (χ1n) is 5.02. The van der Waals surface area contributed by atoms with Gasteiger partial charge in [0.05, 0.1) is 11.1 Å². The lowest BCUT2D eigenvalue weighted by Crippen LogP contribution is -2.04. The first-order valence-corrected chi connectivity index (χ1v) is 5.02. The lowest BCUT2D eigenvalue weighted by atomic mass is 10.2. The third-order valence-electron chi connectivity index (χ3n) is 2.49. The van der Waals surface area contributed by atoms with Gasteiger partial charge in [0, 0.05) is 12.6 Å². The van der Waals surface area contributed by atoms with Crippen molar-refractivity contribution in [2.45, 2.75) is 13.3 Å². The van der Waals surface area contributed by atoms with Crippen molar-refractivity contribution in [3.8, 4) is 0 Å². The molecular formula is C11H10N2O4. The fourth-order valence-electron chi connectivity index (χ4n) is 1.77. The molecule has 0 unspecified atom stereocenters. The Labute approximate surface area is 96.1 Å².